The second-order valence-corrected chi connectivity index (χ2v) is 7.61. The zero-order chi connectivity index (χ0) is 20.9. The van der Waals surface area contributed by atoms with Crippen LogP contribution in [0.5, 0.6) is 5.75 Å². The summed E-state index contributed by atoms with van der Waals surface area (Å²) in [7, 11) is 1.60. The van der Waals surface area contributed by atoms with Gasteiger partial charge in [0.15, 0.2) is 5.11 Å². The topological polar surface area (TPSA) is 62.6 Å². The summed E-state index contributed by atoms with van der Waals surface area (Å²) in [5.41, 5.74) is 2.57. The average molecular weight is 424 g/mol. The van der Waals surface area contributed by atoms with Crippen molar-refractivity contribution in [2.24, 2.45) is 0 Å². The maximum atomic E-state index is 12.5. The normalized spacial score (nSPS) is 14.6. The minimum atomic E-state index is -0.0237. The van der Waals surface area contributed by atoms with E-state index in [4.69, 9.17) is 17.0 Å². The number of para-hydroxylation sites is 1. The van der Waals surface area contributed by atoms with Crippen LogP contribution >= 0.6 is 12.2 Å². The number of aromatic nitrogens is 2. The number of nitrogens with one attached hydrogen (secondary N) is 1. The van der Waals surface area contributed by atoms with Crippen molar-refractivity contribution in [1.82, 2.24) is 19.4 Å². The molecule has 0 amide bonds. The minimum Gasteiger partial charge on any atom is -0.495 e. The molecule has 7 nitrogen and oxygen atoms in total. The molecule has 1 fully saturated rings. The van der Waals surface area contributed by atoms with Gasteiger partial charge in [-0.05, 0) is 30.4 Å². The standard InChI is InChI=1S/C22H25N5O2S/c1-29-18-15-20-19(23-16-18)7-8-21(28)27(20)14-11-25-9-12-26(13-10-25)22(30)24-17-5-3-2-4-6-17/h2-8,15-16H,9-14H2,1H3,(H,24,30). The maximum Gasteiger partial charge on any atom is 0.251 e. The van der Waals surface area contributed by atoms with Crippen LogP contribution in [0.3, 0.4) is 0 Å². The van der Waals surface area contributed by atoms with Gasteiger partial charge in [-0.3, -0.25) is 14.7 Å². The highest BCUT2D eigenvalue weighted by Crippen LogP contribution is 2.17. The van der Waals surface area contributed by atoms with Gasteiger partial charge in [0.05, 0.1) is 24.3 Å². The zero-order valence-corrected chi connectivity index (χ0v) is 17.8. The lowest BCUT2D eigenvalue weighted by atomic mass is 10.3. The molecule has 0 saturated carbocycles. The van der Waals surface area contributed by atoms with Crippen LogP contribution < -0.4 is 15.6 Å². The third kappa shape index (κ3) is 4.60. The molecule has 8 heteroatoms. The van der Waals surface area contributed by atoms with Gasteiger partial charge in [-0.25, -0.2) is 0 Å². The van der Waals surface area contributed by atoms with Gasteiger partial charge in [0.2, 0.25) is 0 Å². The number of benzene rings is 1. The second kappa shape index (κ2) is 9.23. The van der Waals surface area contributed by atoms with Crippen molar-refractivity contribution in [2.75, 3.05) is 45.2 Å². The number of rotatable bonds is 5. The fourth-order valence-electron chi connectivity index (χ4n) is 3.63. The number of methoxy groups -OCH3 is 1. The molecule has 0 radical (unpaired) electrons. The summed E-state index contributed by atoms with van der Waals surface area (Å²) in [6, 6.07) is 15.2. The van der Waals surface area contributed by atoms with E-state index in [1.807, 2.05) is 36.4 Å². The second-order valence-electron chi connectivity index (χ2n) is 7.23. The summed E-state index contributed by atoms with van der Waals surface area (Å²) in [5, 5.41) is 4.05. The Balaban J connectivity index is 1.35. The summed E-state index contributed by atoms with van der Waals surface area (Å²) in [6.07, 6.45) is 1.67. The summed E-state index contributed by atoms with van der Waals surface area (Å²) in [6.45, 7) is 4.92. The lowest BCUT2D eigenvalue weighted by Gasteiger charge is -2.36. The molecule has 1 N–H and O–H groups in total. The molecule has 3 heterocycles. The lowest BCUT2D eigenvalue weighted by molar-refractivity contribution is 0.178. The third-order valence-electron chi connectivity index (χ3n) is 5.37. The molecule has 0 unspecified atom stereocenters. The van der Waals surface area contributed by atoms with Crippen LogP contribution in [0.4, 0.5) is 5.69 Å². The molecule has 0 aliphatic carbocycles. The van der Waals surface area contributed by atoms with Gasteiger partial charge in [-0.15, -0.1) is 0 Å². The smallest absolute Gasteiger partial charge is 0.251 e. The van der Waals surface area contributed by atoms with Crippen LogP contribution in [0.25, 0.3) is 11.0 Å². The van der Waals surface area contributed by atoms with Gasteiger partial charge in [0.25, 0.3) is 5.56 Å². The molecule has 3 aromatic rings. The van der Waals surface area contributed by atoms with E-state index in [1.54, 1.807) is 30.0 Å². The predicted molar refractivity (Wildman–Crippen MR) is 123 cm³/mol. The molecule has 1 aliphatic rings. The van der Waals surface area contributed by atoms with Gasteiger partial charge in [-0.1, -0.05) is 18.2 Å². The number of ether oxygens (including phenoxy) is 1. The number of hydrogen-bond donors (Lipinski definition) is 1. The molecule has 1 saturated heterocycles. The molecule has 0 spiro atoms. The highest BCUT2D eigenvalue weighted by atomic mass is 32.1. The fourth-order valence-corrected chi connectivity index (χ4v) is 3.93. The van der Waals surface area contributed by atoms with E-state index >= 15 is 0 Å². The average Bonchev–Trinajstić information content (AvgIpc) is 2.79. The van der Waals surface area contributed by atoms with E-state index in [1.165, 1.54) is 0 Å². The first-order valence-corrected chi connectivity index (χ1v) is 10.4. The van der Waals surface area contributed by atoms with E-state index in [2.05, 4.69) is 20.1 Å². The van der Waals surface area contributed by atoms with Crippen LogP contribution in [-0.4, -0.2) is 64.3 Å². The Labute approximate surface area is 180 Å². The minimum absolute atomic E-state index is 0.0237. The van der Waals surface area contributed by atoms with Crippen molar-refractivity contribution in [3.63, 3.8) is 0 Å². The Morgan fingerprint density at radius 1 is 1.10 bits per heavy atom. The number of pyridine rings is 2. The molecule has 30 heavy (non-hydrogen) atoms. The summed E-state index contributed by atoms with van der Waals surface area (Å²) < 4.78 is 7.05. The number of fused-ring (bicyclic) bond motifs is 1. The van der Waals surface area contributed by atoms with Crippen molar-refractivity contribution in [3.8, 4) is 5.75 Å². The van der Waals surface area contributed by atoms with Crippen molar-refractivity contribution >= 4 is 34.1 Å². The van der Waals surface area contributed by atoms with Crippen LogP contribution in [0.1, 0.15) is 0 Å². The van der Waals surface area contributed by atoms with E-state index in [-0.39, 0.29) is 5.56 Å². The first-order valence-electron chi connectivity index (χ1n) is 10.0. The van der Waals surface area contributed by atoms with Crippen LogP contribution in [0, 0.1) is 0 Å². The van der Waals surface area contributed by atoms with E-state index in [9.17, 15) is 4.79 Å². The highest BCUT2D eigenvalue weighted by Gasteiger charge is 2.19. The van der Waals surface area contributed by atoms with Crippen molar-refractivity contribution in [2.45, 2.75) is 6.54 Å². The first-order chi connectivity index (χ1) is 14.6. The molecular weight excluding hydrogens is 398 g/mol. The summed E-state index contributed by atoms with van der Waals surface area (Å²) in [5.74, 6) is 0.648. The molecule has 2 aromatic heterocycles. The highest BCUT2D eigenvalue weighted by molar-refractivity contribution is 7.80. The summed E-state index contributed by atoms with van der Waals surface area (Å²) in [4.78, 5) is 21.4. The SMILES string of the molecule is COc1cnc2ccc(=O)n(CCN3CCN(C(=S)Nc4ccccc4)CC3)c2c1. The van der Waals surface area contributed by atoms with Gasteiger partial charge in [0.1, 0.15) is 5.75 Å². The molecule has 4 rings (SSSR count). The monoisotopic (exact) mass is 423 g/mol. The van der Waals surface area contributed by atoms with E-state index in [0.29, 0.717) is 12.3 Å². The number of thiocarbonyl (C=S) groups is 1. The van der Waals surface area contributed by atoms with Gasteiger partial charge >= 0.3 is 0 Å². The number of piperazine rings is 1. The van der Waals surface area contributed by atoms with Crippen molar-refractivity contribution in [1.29, 1.82) is 0 Å². The van der Waals surface area contributed by atoms with Crippen LogP contribution in [-0.2, 0) is 6.54 Å². The maximum absolute atomic E-state index is 12.5. The van der Waals surface area contributed by atoms with Gasteiger partial charge in [0, 0.05) is 57.1 Å². The number of hydrogen-bond acceptors (Lipinski definition) is 5. The first kappa shape index (κ1) is 20.3. The number of nitrogens with zero attached hydrogens (tertiary/aromatic N) is 4. The molecule has 1 aromatic carbocycles. The Kier molecular flexibility index (Phi) is 6.25. The molecule has 0 atom stereocenters. The van der Waals surface area contributed by atoms with E-state index < -0.39 is 0 Å². The fraction of sp³-hybridized carbons (Fsp3) is 0.318. The van der Waals surface area contributed by atoms with Gasteiger partial charge in [-0.2, -0.15) is 0 Å². The van der Waals surface area contributed by atoms with Crippen LogP contribution in [0.15, 0.2) is 59.5 Å². The van der Waals surface area contributed by atoms with Gasteiger partial charge < -0.3 is 19.5 Å². The molecule has 0 bridgehead atoms. The molecular formula is C22H25N5O2S. The largest absolute Gasteiger partial charge is 0.495 e. The third-order valence-corrected chi connectivity index (χ3v) is 5.73. The Morgan fingerprint density at radius 2 is 1.87 bits per heavy atom. The van der Waals surface area contributed by atoms with Crippen LogP contribution in [0.2, 0.25) is 0 Å². The van der Waals surface area contributed by atoms with Crippen molar-refractivity contribution in [3.05, 3.63) is 65.1 Å². The predicted octanol–water partition coefficient (Wildman–Crippen LogP) is 2.42. The Bertz CT molecular complexity index is 1080. The quantitative estimate of drug-likeness (QED) is 0.633. The Hall–Kier alpha value is -2.97. The van der Waals surface area contributed by atoms with Crippen molar-refractivity contribution < 1.29 is 4.74 Å². The van der Waals surface area contributed by atoms with E-state index in [0.717, 1.165) is 54.6 Å². The molecule has 156 valence electrons. The molecule has 1 aliphatic heterocycles. The lowest BCUT2D eigenvalue weighted by Crippen LogP contribution is -2.50. The number of anilines is 1. The zero-order valence-electron chi connectivity index (χ0n) is 17.0. The summed E-state index contributed by atoms with van der Waals surface area (Å²) >= 11 is 5.56. The Morgan fingerprint density at radius 3 is 2.60 bits per heavy atom.